The number of aryl methyl sites for hydroxylation is 2. The normalized spacial score (nSPS) is 12.6. The Morgan fingerprint density at radius 1 is 1.12 bits per heavy atom. The minimum absolute atomic E-state index is 0.0884. The molecule has 0 spiro atoms. The molecule has 0 radical (unpaired) electrons. The van der Waals surface area contributed by atoms with Crippen LogP contribution in [0.15, 0.2) is 38.8 Å². The van der Waals surface area contributed by atoms with E-state index in [2.05, 4.69) is 4.98 Å². The summed E-state index contributed by atoms with van der Waals surface area (Å²) in [6, 6.07) is 4.66. The molecule has 1 aromatic carbocycles. The molecule has 0 aliphatic rings. The van der Waals surface area contributed by atoms with Crippen molar-refractivity contribution in [2.45, 2.75) is 31.7 Å². The molecule has 9 nitrogen and oxygen atoms in total. The number of carboxylic acids is 1. The van der Waals surface area contributed by atoms with Gasteiger partial charge in [0, 0.05) is 5.69 Å². The fraction of sp³-hybridized carbons (Fsp3) is 0.267. The molecule has 0 fully saturated rings. The lowest BCUT2D eigenvalue weighted by Crippen LogP contribution is -2.46. The second-order valence-electron chi connectivity index (χ2n) is 5.51. The number of sulfonamides is 1. The van der Waals surface area contributed by atoms with Gasteiger partial charge in [-0.1, -0.05) is 17.7 Å². The van der Waals surface area contributed by atoms with Crippen LogP contribution in [0.25, 0.3) is 0 Å². The molecule has 2 aromatic rings. The second-order valence-corrected chi connectivity index (χ2v) is 7.26. The number of carbonyl (C=O) groups is 1. The summed E-state index contributed by atoms with van der Waals surface area (Å²) in [6.07, 6.45) is 0. The van der Waals surface area contributed by atoms with Crippen LogP contribution in [0.3, 0.4) is 0 Å². The van der Waals surface area contributed by atoms with Gasteiger partial charge < -0.3 is 10.1 Å². The van der Waals surface area contributed by atoms with Gasteiger partial charge in [0.25, 0.3) is 15.6 Å². The molecule has 0 aliphatic carbocycles. The van der Waals surface area contributed by atoms with Crippen LogP contribution in [0.2, 0.25) is 0 Å². The minimum Gasteiger partial charge on any atom is -0.480 e. The van der Waals surface area contributed by atoms with Gasteiger partial charge in [-0.2, -0.15) is 0 Å². The molecule has 1 heterocycles. The van der Waals surface area contributed by atoms with Crippen LogP contribution in [0.5, 0.6) is 0 Å². The lowest BCUT2D eigenvalue weighted by Gasteiger charge is -2.28. The molecule has 1 aromatic heterocycles. The number of nitrogens with one attached hydrogen (secondary N) is 2. The highest BCUT2D eigenvalue weighted by atomic mass is 32.2. The number of benzene rings is 1. The van der Waals surface area contributed by atoms with Crippen molar-refractivity contribution in [2.24, 2.45) is 0 Å². The van der Waals surface area contributed by atoms with Crippen molar-refractivity contribution in [3.63, 3.8) is 0 Å². The molecule has 10 heteroatoms. The summed E-state index contributed by atoms with van der Waals surface area (Å²) in [5.41, 5.74) is -1.21. The number of hydrogen-bond donors (Lipinski definition) is 3. The van der Waals surface area contributed by atoms with Gasteiger partial charge in [-0.15, -0.1) is 0 Å². The quantitative estimate of drug-likeness (QED) is 0.696. The SMILES string of the molecule is Cc1ccc(N([C@H](C)C(=O)O)S(=O)(=O)c2c(C)[nH]c(=O)[nH]c2=O)cc1. The second kappa shape index (κ2) is 6.55. The van der Waals surface area contributed by atoms with Gasteiger partial charge in [-0.25, -0.2) is 18.0 Å². The summed E-state index contributed by atoms with van der Waals surface area (Å²) in [5.74, 6) is -1.39. The van der Waals surface area contributed by atoms with Crippen molar-refractivity contribution >= 4 is 21.7 Å². The first-order valence-electron chi connectivity index (χ1n) is 7.23. The van der Waals surface area contributed by atoms with Crippen LogP contribution >= 0.6 is 0 Å². The van der Waals surface area contributed by atoms with E-state index in [1.54, 1.807) is 19.1 Å². The zero-order valence-electron chi connectivity index (χ0n) is 13.7. The van der Waals surface area contributed by atoms with Crippen molar-refractivity contribution in [3.05, 3.63) is 56.4 Å². The van der Waals surface area contributed by atoms with Crippen LogP contribution in [0, 0.1) is 13.8 Å². The number of aliphatic carboxylic acids is 1. The lowest BCUT2D eigenvalue weighted by molar-refractivity contribution is -0.137. The van der Waals surface area contributed by atoms with Crippen LogP contribution in [0.1, 0.15) is 18.2 Å². The monoisotopic (exact) mass is 367 g/mol. The van der Waals surface area contributed by atoms with E-state index in [-0.39, 0.29) is 11.4 Å². The average molecular weight is 367 g/mol. The van der Waals surface area contributed by atoms with Crippen LogP contribution in [0.4, 0.5) is 5.69 Å². The Labute approximate surface area is 143 Å². The van der Waals surface area contributed by atoms with Crippen molar-refractivity contribution in [1.82, 2.24) is 9.97 Å². The number of hydrogen-bond acceptors (Lipinski definition) is 5. The van der Waals surface area contributed by atoms with Crippen molar-refractivity contribution in [2.75, 3.05) is 4.31 Å². The number of aromatic amines is 2. The zero-order valence-corrected chi connectivity index (χ0v) is 14.5. The molecule has 0 saturated heterocycles. The maximum Gasteiger partial charge on any atom is 0.327 e. The molecule has 0 amide bonds. The molecular weight excluding hydrogens is 350 g/mol. The maximum absolute atomic E-state index is 13.0. The molecule has 0 unspecified atom stereocenters. The van der Waals surface area contributed by atoms with Crippen molar-refractivity contribution in [1.29, 1.82) is 0 Å². The van der Waals surface area contributed by atoms with E-state index >= 15 is 0 Å². The minimum atomic E-state index is -4.55. The Bertz CT molecular complexity index is 1020. The third-order valence-corrected chi connectivity index (χ3v) is 5.64. The topological polar surface area (TPSA) is 140 Å². The van der Waals surface area contributed by atoms with Gasteiger partial charge in [0.05, 0.1) is 5.69 Å². The van der Waals surface area contributed by atoms with Gasteiger partial charge >= 0.3 is 11.7 Å². The predicted molar refractivity (Wildman–Crippen MR) is 90.4 cm³/mol. The summed E-state index contributed by atoms with van der Waals surface area (Å²) in [6.45, 7) is 4.23. The average Bonchev–Trinajstić information content (AvgIpc) is 2.47. The van der Waals surface area contributed by atoms with Crippen LogP contribution in [-0.4, -0.2) is 35.5 Å². The number of H-pyrrole nitrogens is 2. The predicted octanol–water partition coefficient (Wildman–Crippen LogP) is 0.348. The molecule has 0 aliphatic heterocycles. The van der Waals surface area contributed by atoms with E-state index in [0.717, 1.165) is 5.56 Å². The van der Waals surface area contributed by atoms with Gasteiger partial charge in [-0.3, -0.25) is 14.1 Å². The highest BCUT2D eigenvalue weighted by Crippen LogP contribution is 2.26. The summed E-state index contributed by atoms with van der Waals surface area (Å²) in [5, 5.41) is 9.31. The first-order chi connectivity index (χ1) is 11.6. The Morgan fingerprint density at radius 3 is 2.16 bits per heavy atom. The molecule has 1 atom stereocenters. The zero-order chi connectivity index (χ0) is 18.9. The largest absolute Gasteiger partial charge is 0.480 e. The molecular formula is C15H17N3O6S. The lowest BCUT2D eigenvalue weighted by atomic mass is 10.2. The fourth-order valence-corrected chi connectivity index (χ4v) is 4.19. The maximum atomic E-state index is 13.0. The van der Waals surface area contributed by atoms with E-state index in [9.17, 15) is 27.9 Å². The Balaban J connectivity index is 2.77. The van der Waals surface area contributed by atoms with E-state index < -0.39 is 38.2 Å². The van der Waals surface area contributed by atoms with Gasteiger partial charge in [0.2, 0.25) is 0 Å². The number of aromatic nitrogens is 2. The van der Waals surface area contributed by atoms with E-state index in [0.29, 0.717) is 4.31 Å². The summed E-state index contributed by atoms with van der Waals surface area (Å²) >= 11 is 0. The van der Waals surface area contributed by atoms with Gasteiger partial charge in [-0.05, 0) is 32.9 Å². The molecule has 3 N–H and O–H groups in total. The number of nitrogens with zero attached hydrogens (tertiary/aromatic N) is 1. The standard InChI is InChI=1S/C15H17N3O6S/c1-8-4-6-11(7-5-8)18(10(3)14(20)21)25(23,24)12-9(2)16-15(22)17-13(12)19/h4-7,10H,1-3H3,(H,20,21)(H2,16,17,19,22)/t10-/m1/s1. The van der Waals surface area contributed by atoms with Crippen LogP contribution in [-0.2, 0) is 14.8 Å². The van der Waals surface area contributed by atoms with Crippen LogP contribution < -0.4 is 15.6 Å². The number of carboxylic acid groups (broad SMARTS) is 1. The van der Waals surface area contributed by atoms with Crippen molar-refractivity contribution in [3.8, 4) is 0 Å². The third kappa shape index (κ3) is 3.48. The number of rotatable bonds is 5. The Morgan fingerprint density at radius 2 is 1.68 bits per heavy atom. The third-order valence-electron chi connectivity index (χ3n) is 3.59. The summed E-state index contributed by atoms with van der Waals surface area (Å²) in [4.78, 5) is 38.1. The highest BCUT2D eigenvalue weighted by Gasteiger charge is 2.36. The smallest absolute Gasteiger partial charge is 0.327 e. The van der Waals surface area contributed by atoms with E-state index in [4.69, 9.17) is 0 Å². The van der Waals surface area contributed by atoms with E-state index in [1.165, 1.54) is 26.0 Å². The molecule has 0 bridgehead atoms. The molecule has 2 rings (SSSR count). The van der Waals surface area contributed by atoms with E-state index in [1.807, 2.05) is 4.98 Å². The fourth-order valence-electron chi connectivity index (χ4n) is 2.36. The molecule has 0 saturated carbocycles. The summed E-state index contributed by atoms with van der Waals surface area (Å²) in [7, 11) is -4.55. The Hall–Kier alpha value is -2.88. The summed E-state index contributed by atoms with van der Waals surface area (Å²) < 4.78 is 26.7. The van der Waals surface area contributed by atoms with Gasteiger partial charge in [0.1, 0.15) is 6.04 Å². The molecule has 134 valence electrons. The molecule has 25 heavy (non-hydrogen) atoms. The highest BCUT2D eigenvalue weighted by molar-refractivity contribution is 7.93. The van der Waals surface area contributed by atoms with Gasteiger partial charge in [0.15, 0.2) is 4.90 Å². The Kier molecular flexibility index (Phi) is 4.84. The number of anilines is 1. The first kappa shape index (κ1) is 18.5. The van der Waals surface area contributed by atoms with Crippen molar-refractivity contribution < 1.29 is 18.3 Å². The first-order valence-corrected chi connectivity index (χ1v) is 8.67.